The van der Waals surface area contributed by atoms with Crippen LogP contribution in [0.15, 0.2) is 47.5 Å². The van der Waals surface area contributed by atoms with Gasteiger partial charge in [-0.2, -0.15) is 0 Å². The van der Waals surface area contributed by atoms with Gasteiger partial charge in [-0.3, -0.25) is 19.0 Å². The molecule has 11 nitrogen and oxygen atoms in total. The van der Waals surface area contributed by atoms with E-state index in [1.807, 2.05) is 11.0 Å². The summed E-state index contributed by atoms with van der Waals surface area (Å²) in [6, 6.07) is 10.3. The van der Waals surface area contributed by atoms with Crippen molar-refractivity contribution in [1.82, 2.24) is 19.8 Å². The smallest absolute Gasteiger partial charge is 0.261 e. The van der Waals surface area contributed by atoms with Crippen LogP contribution in [-0.4, -0.2) is 66.6 Å². The van der Waals surface area contributed by atoms with Crippen LogP contribution in [-0.2, 0) is 32.7 Å². The third-order valence-corrected chi connectivity index (χ3v) is 7.31. The molecule has 0 bridgehead atoms. The van der Waals surface area contributed by atoms with Crippen LogP contribution in [0.25, 0.3) is 10.9 Å². The summed E-state index contributed by atoms with van der Waals surface area (Å²) in [5.74, 6) is -1.63. The van der Waals surface area contributed by atoms with Gasteiger partial charge in [-0.15, -0.1) is 0 Å². The molecule has 1 aliphatic rings. The molecule has 0 aliphatic carbocycles. The number of nitrogens with one attached hydrogen (secondary N) is 1. The number of rotatable bonds is 7. The van der Waals surface area contributed by atoms with Crippen LogP contribution in [0.4, 0.5) is 5.69 Å². The molecule has 0 saturated carbocycles. The number of amides is 2. The van der Waals surface area contributed by atoms with Gasteiger partial charge in [0.05, 0.1) is 27.3 Å². The number of halogens is 2. The topological polar surface area (TPSA) is 148 Å². The Morgan fingerprint density at radius 2 is 1.76 bits per heavy atom. The molecule has 0 unspecified atom stereocenters. The number of hydrogen-bond donors (Lipinski definition) is 2. The molecule has 4 rings (SSSR count). The van der Waals surface area contributed by atoms with Gasteiger partial charge in [0.15, 0.2) is 0 Å². The Bertz CT molecular complexity index is 1520. The van der Waals surface area contributed by atoms with Crippen molar-refractivity contribution in [3.63, 3.8) is 0 Å². The van der Waals surface area contributed by atoms with Crippen molar-refractivity contribution in [2.45, 2.75) is 13.1 Å². The van der Waals surface area contributed by atoms with Crippen LogP contribution in [0.5, 0.6) is 0 Å². The summed E-state index contributed by atoms with van der Waals surface area (Å²) in [5.41, 5.74) is 1.65. The Morgan fingerprint density at radius 1 is 1.03 bits per heavy atom. The highest BCUT2D eigenvalue weighted by atomic mass is 35.5. The summed E-state index contributed by atoms with van der Waals surface area (Å²) in [6.07, 6.45) is 1.33. The summed E-state index contributed by atoms with van der Waals surface area (Å²) >= 11 is 11.9. The lowest BCUT2D eigenvalue weighted by Crippen LogP contribution is -2.50. The molecule has 0 atom stereocenters. The molecule has 3 N–H and O–H groups in total. The maximum absolute atomic E-state index is 13.1. The molecule has 14 heteroatoms. The van der Waals surface area contributed by atoms with Crippen molar-refractivity contribution in [1.29, 1.82) is 0 Å². The number of carbonyl (C=O) groups is 2. The van der Waals surface area contributed by atoms with Crippen molar-refractivity contribution < 1.29 is 18.0 Å². The summed E-state index contributed by atoms with van der Waals surface area (Å²) in [4.78, 5) is 45.4. The second-order valence-electron chi connectivity index (χ2n) is 8.58. The number of benzene rings is 2. The Morgan fingerprint density at radius 3 is 2.43 bits per heavy atom. The monoisotopic (exact) mass is 566 g/mol. The molecule has 2 amide bonds. The van der Waals surface area contributed by atoms with Gasteiger partial charge in [0.1, 0.15) is 12.3 Å². The number of sulfonamides is 1. The lowest BCUT2D eigenvalue weighted by Gasteiger charge is -2.36. The fourth-order valence-corrected chi connectivity index (χ4v) is 4.84. The second-order valence-corrected chi connectivity index (χ2v) is 11.0. The molecule has 2 aromatic carbocycles. The lowest BCUT2D eigenvalue weighted by atomic mass is 10.2. The first kappa shape index (κ1) is 26.9. The standard InChI is InChI=1S/C23H24Cl2N6O5S/c24-18-3-1-15(9-19(18)25)11-27-21(32)12-31-14-28-20-4-2-16(10-17(20)23(31)34)29-5-7-30(8-6-29)22(33)13-37(26,35)36/h1-4,9-10,14H,5-8,11-13H2,(H,27,32)(H2,26,35,36). The van der Waals surface area contributed by atoms with Gasteiger partial charge >= 0.3 is 0 Å². The normalized spacial score (nSPS) is 14.1. The van der Waals surface area contributed by atoms with Gasteiger partial charge in [0, 0.05) is 38.4 Å². The van der Waals surface area contributed by atoms with E-state index in [0.717, 1.165) is 11.3 Å². The van der Waals surface area contributed by atoms with E-state index < -0.39 is 21.7 Å². The number of nitrogens with zero attached hydrogens (tertiary/aromatic N) is 4. The molecule has 0 spiro atoms. The molecule has 2 heterocycles. The average molecular weight is 567 g/mol. The summed E-state index contributed by atoms with van der Waals surface area (Å²) < 4.78 is 23.6. The molecular formula is C23H24Cl2N6O5S. The Kier molecular flexibility index (Phi) is 8.02. The zero-order valence-electron chi connectivity index (χ0n) is 19.6. The van der Waals surface area contributed by atoms with Crippen LogP contribution in [0, 0.1) is 0 Å². The molecule has 1 aliphatic heterocycles. The van der Waals surface area contributed by atoms with Crippen molar-refractivity contribution in [2.75, 3.05) is 36.8 Å². The lowest BCUT2D eigenvalue weighted by molar-refractivity contribution is -0.128. The minimum absolute atomic E-state index is 0.210. The predicted molar refractivity (Wildman–Crippen MR) is 141 cm³/mol. The van der Waals surface area contributed by atoms with Crippen LogP contribution >= 0.6 is 23.2 Å². The maximum atomic E-state index is 13.1. The quantitative estimate of drug-likeness (QED) is 0.432. The Hall–Kier alpha value is -3.19. The summed E-state index contributed by atoms with van der Waals surface area (Å²) in [5, 5.41) is 8.87. The van der Waals surface area contributed by atoms with Gasteiger partial charge in [-0.05, 0) is 35.9 Å². The minimum atomic E-state index is -3.89. The third-order valence-electron chi connectivity index (χ3n) is 5.92. The fraction of sp³-hybridized carbons (Fsp3) is 0.304. The molecule has 37 heavy (non-hydrogen) atoms. The van der Waals surface area contributed by atoms with E-state index in [1.54, 1.807) is 30.3 Å². The SMILES string of the molecule is NS(=O)(=O)CC(=O)N1CCN(c2ccc3ncn(CC(=O)NCc4ccc(Cl)c(Cl)c4)c(=O)c3c2)CC1. The van der Waals surface area contributed by atoms with Crippen molar-refractivity contribution in [3.05, 3.63) is 68.7 Å². The van der Waals surface area contributed by atoms with E-state index in [-0.39, 0.29) is 24.6 Å². The van der Waals surface area contributed by atoms with E-state index >= 15 is 0 Å². The van der Waals surface area contributed by atoms with Crippen LogP contribution in [0.3, 0.4) is 0 Å². The van der Waals surface area contributed by atoms with Gasteiger partial charge < -0.3 is 15.1 Å². The number of primary sulfonamides is 1. The van der Waals surface area contributed by atoms with Gasteiger partial charge in [-0.1, -0.05) is 29.3 Å². The molecule has 1 aromatic heterocycles. The first-order chi connectivity index (χ1) is 17.5. The fourth-order valence-electron chi connectivity index (χ4n) is 3.99. The van der Waals surface area contributed by atoms with E-state index in [1.165, 1.54) is 15.8 Å². The zero-order valence-corrected chi connectivity index (χ0v) is 21.9. The number of hydrogen-bond acceptors (Lipinski definition) is 7. The second kappa shape index (κ2) is 11.1. The van der Waals surface area contributed by atoms with E-state index in [0.29, 0.717) is 47.1 Å². The minimum Gasteiger partial charge on any atom is -0.368 e. The number of aromatic nitrogens is 2. The molecular weight excluding hydrogens is 543 g/mol. The molecule has 0 radical (unpaired) electrons. The molecule has 1 fully saturated rings. The molecule has 3 aromatic rings. The zero-order chi connectivity index (χ0) is 26.7. The summed E-state index contributed by atoms with van der Waals surface area (Å²) in [7, 11) is -3.89. The highest BCUT2D eigenvalue weighted by Crippen LogP contribution is 2.23. The van der Waals surface area contributed by atoms with E-state index in [9.17, 15) is 22.8 Å². The van der Waals surface area contributed by atoms with Crippen molar-refractivity contribution >= 4 is 61.6 Å². The average Bonchev–Trinajstić information content (AvgIpc) is 2.85. The molecule has 196 valence electrons. The van der Waals surface area contributed by atoms with Crippen LogP contribution < -0.4 is 20.9 Å². The number of fused-ring (bicyclic) bond motifs is 1. The Balaban J connectivity index is 1.42. The highest BCUT2D eigenvalue weighted by Gasteiger charge is 2.24. The highest BCUT2D eigenvalue weighted by molar-refractivity contribution is 7.89. The maximum Gasteiger partial charge on any atom is 0.261 e. The molecule has 1 saturated heterocycles. The van der Waals surface area contributed by atoms with Gasteiger partial charge in [0.2, 0.25) is 21.8 Å². The van der Waals surface area contributed by atoms with Gasteiger partial charge in [-0.25, -0.2) is 18.5 Å². The van der Waals surface area contributed by atoms with E-state index in [4.69, 9.17) is 28.3 Å². The van der Waals surface area contributed by atoms with Crippen LogP contribution in [0.1, 0.15) is 5.56 Å². The Labute approximate surface area is 222 Å². The first-order valence-corrected chi connectivity index (χ1v) is 13.7. The predicted octanol–water partition coefficient (Wildman–Crippen LogP) is 0.957. The summed E-state index contributed by atoms with van der Waals surface area (Å²) in [6.45, 7) is 1.56. The van der Waals surface area contributed by atoms with E-state index in [2.05, 4.69) is 10.3 Å². The third kappa shape index (κ3) is 6.77. The van der Waals surface area contributed by atoms with Crippen LogP contribution in [0.2, 0.25) is 10.0 Å². The largest absolute Gasteiger partial charge is 0.368 e. The van der Waals surface area contributed by atoms with Crippen molar-refractivity contribution in [2.24, 2.45) is 5.14 Å². The number of anilines is 1. The number of nitrogens with two attached hydrogens (primary N) is 1. The van der Waals surface area contributed by atoms with Gasteiger partial charge in [0.25, 0.3) is 5.56 Å². The van der Waals surface area contributed by atoms with Crippen molar-refractivity contribution in [3.8, 4) is 0 Å². The first-order valence-electron chi connectivity index (χ1n) is 11.2. The number of piperazine rings is 1. The number of carbonyl (C=O) groups excluding carboxylic acids is 2.